The molecule has 0 radical (unpaired) electrons. The molecule has 0 atom stereocenters. The Morgan fingerprint density at radius 1 is 1.14 bits per heavy atom. The van der Waals surface area contributed by atoms with Crippen LogP contribution in [0.3, 0.4) is 0 Å². The van der Waals surface area contributed by atoms with Crippen molar-refractivity contribution in [3.05, 3.63) is 54.1 Å². The lowest BCUT2D eigenvalue weighted by molar-refractivity contribution is -0.120. The molecule has 0 fully saturated rings. The van der Waals surface area contributed by atoms with Crippen LogP contribution < -0.4 is 11.1 Å². The quantitative estimate of drug-likeness (QED) is 0.665. The molecule has 2 aromatic rings. The molecule has 1 amide bonds. The highest BCUT2D eigenvalue weighted by Gasteiger charge is 2.29. The van der Waals surface area contributed by atoms with E-state index in [1.54, 1.807) is 11.8 Å². The van der Waals surface area contributed by atoms with Crippen molar-refractivity contribution in [2.24, 2.45) is 0 Å². The lowest BCUT2D eigenvalue weighted by atomic mass is 9.83. The molecule has 0 bridgehead atoms. The van der Waals surface area contributed by atoms with E-state index in [1.807, 2.05) is 68.6 Å². The fourth-order valence-corrected chi connectivity index (χ4v) is 2.48. The molecule has 0 aliphatic carbocycles. The monoisotopic (exact) mass is 300 g/mol. The summed E-state index contributed by atoms with van der Waals surface area (Å²) in [5.41, 5.74) is 7.53. The van der Waals surface area contributed by atoms with E-state index in [2.05, 4.69) is 5.32 Å². The average Bonchev–Trinajstić information content (AvgIpc) is 2.48. The van der Waals surface area contributed by atoms with Crippen molar-refractivity contribution >= 4 is 29.0 Å². The molecule has 0 aliphatic rings. The standard InChI is InChI=1S/C17H20N2OS/c1-17(2,12-7-9-13(18)10-8-12)16(20)19-14-5-4-6-15(11-14)21-3/h4-11H,18H2,1-3H3,(H,19,20). The van der Waals surface area contributed by atoms with Gasteiger partial charge >= 0.3 is 0 Å². The number of nitrogen functional groups attached to an aromatic ring is 1. The number of amides is 1. The highest BCUT2D eigenvalue weighted by atomic mass is 32.2. The first-order valence-electron chi connectivity index (χ1n) is 6.75. The Hall–Kier alpha value is -1.94. The molecule has 4 heteroatoms. The lowest BCUT2D eigenvalue weighted by Gasteiger charge is -2.24. The van der Waals surface area contributed by atoms with Gasteiger partial charge in [-0.15, -0.1) is 11.8 Å². The highest BCUT2D eigenvalue weighted by molar-refractivity contribution is 7.98. The van der Waals surface area contributed by atoms with Gasteiger partial charge in [-0.25, -0.2) is 0 Å². The van der Waals surface area contributed by atoms with Crippen molar-refractivity contribution in [1.82, 2.24) is 0 Å². The molecule has 3 N–H and O–H groups in total. The third kappa shape index (κ3) is 3.58. The third-order valence-electron chi connectivity index (χ3n) is 3.53. The number of nitrogens with one attached hydrogen (secondary N) is 1. The van der Waals surface area contributed by atoms with E-state index in [4.69, 9.17) is 5.73 Å². The van der Waals surface area contributed by atoms with Crippen molar-refractivity contribution in [1.29, 1.82) is 0 Å². The first-order valence-corrected chi connectivity index (χ1v) is 7.97. The van der Waals surface area contributed by atoms with Gasteiger partial charge in [0.1, 0.15) is 0 Å². The summed E-state index contributed by atoms with van der Waals surface area (Å²) in [4.78, 5) is 13.7. The SMILES string of the molecule is CSc1cccc(NC(=O)C(C)(C)c2ccc(N)cc2)c1. The van der Waals surface area contributed by atoms with Gasteiger partial charge < -0.3 is 11.1 Å². The molecule has 2 aromatic carbocycles. The van der Waals surface area contributed by atoms with Crippen LogP contribution in [-0.2, 0) is 10.2 Å². The Bertz CT molecular complexity index is 635. The summed E-state index contributed by atoms with van der Waals surface area (Å²) in [6.07, 6.45) is 2.01. The van der Waals surface area contributed by atoms with Crippen molar-refractivity contribution in [2.45, 2.75) is 24.2 Å². The maximum Gasteiger partial charge on any atom is 0.234 e. The molecule has 0 saturated carbocycles. The molecule has 0 saturated heterocycles. The molecular weight excluding hydrogens is 280 g/mol. The van der Waals surface area contributed by atoms with Crippen LogP contribution in [0.25, 0.3) is 0 Å². The second-order valence-electron chi connectivity index (χ2n) is 5.43. The summed E-state index contributed by atoms with van der Waals surface area (Å²) in [5, 5.41) is 2.99. The number of thioether (sulfide) groups is 1. The van der Waals surface area contributed by atoms with Gasteiger partial charge in [-0.1, -0.05) is 18.2 Å². The zero-order chi connectivity index (χ0) is 15.5. The molecule has 0 unspecified atom stereocenters. The van der Waals surface area contributed by atoms with Crippen LogP contribution >= 0.6 is 11.8 Å². The minimum Gasteiger partial charge on any atom is -0.399 e. The van der Waals surface area contributed by atoms with Gasteiger partial charge in [0.2, 0.25) is 5.91 Å². The van der Waals surface area contributed by atoms with Gasteiger partial charge in [-0.3, -0.25) is 4.79 Å². The number of hydrogen-bond acceptors (Lipinski definition) is 3. The van der Waals surface area contributed by atoms with Gasteiger partial charge in [0.15, 0.2) is 0 Å². The van der Waals surface area contributed by atoms with Crippen molar-refractivity contribution in [2.75, 3.05) is 17.3 Å². The van der Waals surface area contributed by atoms with Crippen LogP contribution in [0.2, 0.25) is 0 Å². The molecule has 0 heterocycles. The van der Waals surface area contributed by atoms with E-state index < -0.39 is 5.41 Å². The number of hydrogen-bond donors (Lipinski definition) is 2. The highest BCUT2D eigenvalue weighted by Crippen LogP contribution is 2.27. The first kappa shape index (κ1) is 15.4. The minimum atomic E-state index is -0.622. The van der Waals surface area contributed by atoms with Crippen LogP contribution in [-0.4, -0.2) is 12.2 Å². The van der Waals surface area contributed by atoms with Crippen LogP contribution in [0.4, 0.5) is 11.4 Å². The van der Waals surface area contributed by atoms with Gasteiger partial charge in [0.05, 0.1) is 5.41 Å². The van der Waals surface area contributed by atoms with E-state index >= 15 is 0 Å². The van der Waals surface area contributed by atoms with Crippen LogP contribution in [0.15, 0.2) is 53.4 Å². The number of nitrogens with two attached hydrogens (primary N) is 1. The Morgan fingerprint density at radius 2 is 1.81 bits per heavy atom. The molecule has 0 aromatic heterocycles. The third-order valence-corrected chi connectivity index (χ3v) is 4.25. The summed E-state index contributed by atoms with van der Waals surface area (Å²) in [7, 11) is 0. The lowest BCUT2D eigenvalue weighted by Crippen LogP contribution is -2.34. The first-order chi connectivity index (χ1) is 9.93. The summed E-state index contributed by atoms with van der Waals surface area (Å²) >= 11 is 1.65. The maximum atomic E-state index is 12.6. The maximum absolute atomic E-state index is 12.6. The second-order valence-corrected chi connectivity index (χ2v) is 6.31. The van der Waals surface area contributed by atoms with Gasteiger partial charge in [0, 0.05) is 16.3 Å². The van der Waals surface area contributed by atoms with Crippen molar-refractivity contribution in [3.8, 4) is 0 Å². The summed E-state index contributed by atoms with van der Waals surface area (Å²) in [6, 6.07) is 15.3. The molecule has 3 nitrogen and oxygen atoms in total. The fourth-order valence-electron chi connectivity index (χ4n) is 2.02. The molecule has 0 spiro atoms. The molecular formula is C17H20N2OS. The normalized spacial score (nSPS) is 11.2. The number of carbonyl (C=O) groups excluding carboxylic acids is 1. The minimum absolute atomic E-state index is 0.0366. The van der Waals surface area contributed by atoms with Crippen LogP contribution in [0, 0.1) is 0 Å². The Kier molecular flexibility index (Phi) is 4.58. The van der Waals surface area contributed by atoms with E-state index in [0.29, 0.717) is 5.69 Å². The number of rotatable bonds is 4. The van der Waals surface area contributed by atoms with E-state index in [1.165, 1.54) is 0 Å². The predicted molar refractivity (Wildman–Crippen MR) is 90.7 cm³/mol. The predicted octanol–water partition coefficient (Wildman–Crippen LogP) is 3.91. The van der Waals surface area contributed by atoms with E-state index in [-0.39, 0.29) is 5.91 Å². The van der Waals surface area contributed by atoms with E-state index in [0.717, 1.165) is 16.1 Å². The second kappa shape index (κ2) is 6.22. The van der Waals surface area contributed by atoms with Crippen LogP contribution in [0.5, 0.6) is 0 Å². The molecule has 2 rings (SSSR count). The molecule has 0 aliphatic heterocycles. The Labute approximate surface area is 129 Å². The summed E-state index contributed by atoms with van der Waals surface area (Å²) in [5.74, 6) is -0.0366. The Balaban J connectivity index is 2.19. The average molecular weight is 300 g/mol. The zero-order valence-corrected chi connectivity index (χ0v) is 13.3. The summed E-state index contributed by atoms with van der Waals surface area (Å²) in [6.45, 7) is 3.82. The summed E-state index contributed by atoms with van der Waals surface area (Å²) < 4.78 is 0. The number of anilines is 2. The largest absolute Gasteiger partial charge is 0.399 e. The van der Waals surface area contributed by atoms with Gasteiger partial charge in [0.25, 0.3) is 0 Å². The van der Waals surface area contributed by atoms with Gasteiger partial charge in [-0.2, -0.15) is 0 Å². The molecule has 21 heavy (non-hydrogen) atoms. The molecule has 110 valence electrons. The zero-order valence-electron chi connectivity index (χ0n) is 12.5. The van der Waals surface area contributed by atoms with Crippen LogP contribution in [0.1, 0.15) is 19.4 Å². The smallest absolute Gasteiger partial charge is 0.234 e. The van der Waals surface area contributed by atoms with E-state index in [9.17, 15) is 4.79 Å². The fraction of sp³-hybridized carbons (Fsp3) is 0.235. The topological polar surface area (TPSA) is 55.1 Å². The van der Waals surface area contributed by atoms with Gasteiger partial charge in [-0.05, 0) is 56.0 Å². The van der Waals surface area contributed by atoms with Crippen molar-refractivity contribution < 1.29 is 4.79 Å². The number of benzene rings is 2. The Morgan fingerprint density at radius 3 is 2.43 bits per heavy atom. The number of carbonyl (C=O) groups is 1. The van der Waals surface area contributed by atoms with Crippen molar-refractivity contribution in [3.63, 3.8) is 0 Å².